The molecule has 1 atom stereocenters. The van der Waals surface area contributed by atoms with Crippen LogP contribution in [0.4, 0.5) is 5.69 Å². The van der Waals surface area contributed by atoms with Crippen LogP contribution in [0.2, 0.25) is 0 Å². The second-order valence-corrected chi connectivity index (χ2v) is 7.82. The van der Waals surface area contributed by atoms with Crippen LogP contribution in [0.1, 0.15) is 53.5 Å². The Morgan fingerprint density at radius 3 is 2.23 bits per heavy atom. The summed E-state index contributed by atoms with van der Waals surface area (Å²) in [6.07, 6.45) is 0.412. The van der Waals surface area contributed by atoms with Gasteiger partial charge in [-0.05, 0) is 56.2 Å². The molecule has 2 amide bonds. The summed E-state index contributed by atoms with van der Waals surface area (Å²) in [7, 11) is 0. The van der Waals surface area contributed by atoms with Gasteiger partial charge < -0.3 is 15.4 Å². The predicted octanol–water partition coefficient (Wildman–Crippen LogP) is 3.52. The lowest BCUT2D eigenvalue weighted by atomic mass is 10.1. The van der Waals surface area contributed by atoms with Crippen molar-refractivity contribution in [3.05, 3.63) is 65.2 Å². The number of esters is 1. The minimum Gasteiger partial charge on any atom is -0.456 e. The molecule has 0 aromatic heterocycles. The number of ether oxygens (including phenoxy) is 1. The summed E-state index contributed by atoms with van der Waals surface area (Å²) in [5, 5.41) is 5.32. The van der Waals surface area contributed by atoms with E-state index in [0.717, 1.165) is 5.56 Å². The van der Waals surface area contributed by atoms with Crippen molar-refractivity contribution < 1.29 is 23.9 Å². The number of hydrogen-bond acceptors (Lipinski definition) is 5. The van der Waals surface area contributed by atoms with E-state index in [0.29, 0.717) is 23.2 Å². The monoisotopic (exact) mass is 424 g/mol. The van der Waals surface area contributed by atoms with E-state index in [4.69, 9.17) is 4.74 Å². The highest BCUT2D eigenvalue weighted by atomic mass is 16.5. The van der Waals surface area contributed by atoms with Crippen molar-refractivity contribution >= 4 is 29.3 Å². The Hall–Kier alpha value is -3.48. The van der Waals surface area contributed by atoms with Gasteiger partial charge in [0.25, 0.3) is 5.91 Å². The lowest BCUT2D eigenvalue weighted by Crippen LogP contribution is -2.40. The topological polar surface area (TPSA) is 102 Å². The molecule has 0 bridgehead atoms. The summed E-state index contributed by atoms with van der Waals surface area (Å²) >= 11 is 0. The Kier molecular flexibility index (Phi) is 8.49. The molecule has 2 N–H and O–H groups in total. The zero-order chi connectivity index (χ0) is 23.0. The predicted molar refractivity (Wildman–Crippen MR) is 118 cm³/mol. The third-order valence-electron chi connectivity index (χ3n) is 4.41. The number of aryl methyl sites for hydroxylation is 1. The zero-order valence-corrected chi connectivity index (χ0v) is 18.2. The number of rotatable bonds is 9. The fourth-order valence-corrected chi connectivity index (χ4v) is 2.79. The van der Waals surface area contributed by atoms with Crippen LogP contribution in [0, 0.1) is 12.8 Å². The SMILES string of the molecule is Cc1cccc(C(=O)N[C@@H](C)C(=O)OCC(=O)c2ccc(NC(=O)CC(C)C)cc2)c1. The molecule has 7 nitrogen and oxygen atoms in total. The van der Waals surface area contributed by atoms with Gasteiger partial charge in [-0.15, -0.1) is 0 Å². The van der Waals surface area contributed by atoms with E-state index in [1.807, 2.05) is 26.8 Å². The summed E-state index contributed by atoms with van der Waals surface area (Å²) in [4.78, 5) is 48.4. The highest BCUT2D eigenvalue weighted by Crippen LogP contribution is 2.12. The molecule has 0 heterocycles. The van der Waals surface area contributed by atoms with Crippen LogP contribution < -0.4 is 10.6 Å². The zero-order valence-electron chi connectivity index (χ0n) is 18.2. The molecular formula is C24H28N2O5. The summed E-state index contributed by atoms with van der Waals surface area (Å²) in [5.74, 6) is -1.32. The van der Waals surface area contributed by atoms with Gasteiger partial charge >= 0.3 is 5.97 Å². The number of Topliss-reactive ketones (excluding diaryl/α,β-unsaturated/α-hetero) is 1. The maximum atomic E-state index is 12.3. The average Bonchev–Trinajstić information content (AvgIpc) is 2.71. The van der Waals surface area contributed by atoms with Gasteiger partial charge in [-0.2, -0.15) is 0 Å². The van der Waals surface area contributed by atoms with Gasteiger partial charge in [0.2, 0.25) is 5.91 Å². The third-order valence-corrected chi connectivity index (χ3v) is 4.41. The van der Waals surface area contributed by atoms with Crippen molar-refractivity contribution in [2.75, 3.05) is 11.9 Å². The Morgan fingerprint density at radius 2 is 1.61 bits per heavy atom. The molecular weight excluding hydrogens is 396 g/mol. The van der Waals surface area contributed by atoms with Crippen LogP contribution in [0.5, 0.6) is 0 Å². The van der Waals surface area contributed by atoms with E-state index in [-0.39, 0.29) is 17.6 Å². The minimum atomic E-state index is -0.903. The molecule has 2 rings (SSSR count). The number of anilines is 1. The smallest absolute Gasteiger partial charge is 0.328 e. The molecule has 0 aliphatic heterocycles. The number of ketones is 1. The maximum absolute atomic E-state index is 12.3. The largest absolute Gasteiger partial charge is 0.456 e. The molecule has 0 unspecified atom stereocenters. The first-order chi connectivity index (χ1) is 14.7. The molecule has 0 saturated carbocycles. The van der Waals surface area contributed by atoms with E-state index in [1.165, 1.54) is 6.92 Å². The van der Waals surface area contributed by atoms with Crippen LogP contribution in [0.3, 0.4) is 0 Å². The first-order valence-corrected chi connectivity index (χ1v) is 10.1. The lowest BCUT2D eigenvalue weighted by molar-refractivity contribution is -0.144. The highest BCUT2D eigenvalue weighted by Gasteiger charge is 2.19. The fraction of sp³-hybridized carbons (Fsp3) is 0.333. The number of benzene rings is 2. The molecule has 0 fully saturated rings. The van der Waals surface area contributed by atoms with E-state index >= 15 is 0 Å². The van der Waals surface area contributed by atoms with Crippen molar-refractivity contribution in [2.45, 2.75) is 40.2 Å². The van der Waals surface area contributed by atoms with Gasteiger partial charge in [0, 0.05) is 23.2 Å². The molecule has 31 heavy (non-hydrogen) atoms. The van der Waals surface area contributed by atoms with Crippen molar-refractivity contribution in [3.63, 3.8) is 0 Å². The molecule has 164 valence electrons. The number of carbonyl (C=O) groups excluding carboxylic acids is 4. The van der Waals surface area contributed by atoms with E-state index in [2.05, 4.69) is 10.6 Å². The highest BCUT2D eigenvalue weighted by molar-refractivity contribution is 6.00. The van der Waals surface area contributed by atoms with Crippen LogP contribution >= 0.6 is 0 Å². The van der Waals surface area contributed by atoms with Crippen molar-refractivity contribution in [3.8, 4) is 0 Å². The molecule has 0 spiro atoms. The molecule has 2 aromatic carbocycles. The second kappa shape index (κ2) is 11.1. The average molecular weight is 424 g/mol. The van der Waals surface area contributed by atoms with Gasteiger partial charge in [-0.25, -0.2) is 4.79 Å². The molecule has 7 heteroatoms. The van der Waals surface area contributed by atoms with Gasteiger partial charge in [0.15, 0.2) is 12.4 Å². The van der Waals surface area contributed by atoms with Crippen molar-refractivity contribution in [1.29, 1.82) is 0 Å². The Bertz CT molecular complexity index is 951. The Balaban J connectivity index is 1.83. The minimum absolute atomic E-state index is 0.0929. The first-order valence-electron chi connectivity index (χ1n) is 10.1. The third kappa shape index (κ3) is 7.70. The Morgan fingerprint density at radius 1 is 0.935 bits per heavy atom. The number of carbonyl (C=O) groups is 4. The van der Waals surface area contributed by atoms with Gasteiger partial charge in [0.1, 0.15) is 6.04 Å². The summed E-state index contributed by atoms with van der Waals surface area (Å²) in [6.45, 7) is 6.83. The van der Waals surface area contributed by atoms with Crippen molar-refractivity contribution in [2.24, 2.45) is 5.92 Å². The number of hydrogen-bond donors (Lipinski definition) is 2. The first kappa shape index (κ1) is 23.8. The molecule has 0 saturated heterocycles. The second-order valence-electron chi connectivity index (χ2n) is 7.82. The van der Waals surface area contributed by atoms with Gasteiger partial charge in [-0.3, -0.25) is 14.4 Å². The van der Waals surface area contributed by atoms with Crippen LogP contribution in [-0.4, -0.2) is 36.2 Å². The van der Waals surface area contributed by atoms with Gasteiger partial charge in [-0.1, -0.05) is 31.5 Å². The molecule has 0 aliphatic rings. The van der Waals surface area contributed by atoms with E-state index in [1.54, 1.807) is 42.5 Å². The maximum Gasteiger partial charge on any atom is 0.328 e. The van der Waals surface area contributed by atoms with E-state index in [9.17, 15) is 19.2 Å². The standard InChI is InChI=1S/C24H28N2O5/c1-15(2)12-22(28)26-20-10-8-18(9-11-20)21(27)14-31-24(30)17(4)25-23(29)19-7-5-6-16(3)13-19/h5-11,13,15,17H,12,14H2,1-4H3,(H,25,29)(H,26,28)/t17-/m0/s1. The number of nitrogens with one attached hydrogen (secondary N) is 2. The van der Waals surface area contributed by atoms with Gasteiger partial charge in [0.05, 0.1) is 0 Å². The van der Waals surface area contributed by atoms with Crippen LogP contribution in [0.25, 0.3) is 0 Å². The number of amides is 2. The summed E-state index contributed by atoms with van der Waals surface area (Å²) < 4.78 is 5.05. The Labute approximate surface area is 182 Å². The van der Waals surface area contributed by atoms with Crippen LogP contribution in [-0.2, 0) is 14.3 Å². The van der Waals surface area contributed by atoms with Crippen molar-refractivity contribution in [1.82, 2.24) is 5.32 Å². The molecule has 0 aliphatic carbocycles. The van der Waals surface area contributed by atoms with Crippen LogP contribution in [0.15, 0.2) is 48.5 Å². The fourth-order valence-electron chi connectivity index (χ4n) is 2.79. The normalized spacial score (nSPS) is 11.5. The quantitative estimate of drug-likeness (QED) is 0.474. The molecule has 2 aromatic rings. The lowest BCUT2D eigenvalue weighted by Gasteiger charge is -2.13. The summed E-state index contributed by atoms with van der Waals surface area (Å²) in [6, 6.07) is 12.5. The summed E-state index contributed by atoms with van der Waals surface area (Å²) in [5.41, 5.74) is 2.31. The molecule has 0 radical (unpaired) electrons. The van der Waals surface area contributed by atoms with E-state index < -0.39 is 24.5 Å².